The molecule has 26 heavy (non-hydrogen) atoms. The van der Waals surface area contributed by atoms with Gasteiger partial charge in [-0.05, 0) is 43.3 Å². The van der Waals surface area contributed by atoms with Crippen LogP contribution in [0.1, 0.15) is 11.5 Å². The van der Waals surface area contributed by atoms with Crippen molar-refractivity contribution in [2.24, 2.45) is 10.2 Å². The molecule has 0 aliphatic heterocycles. The smallest absolute Gasteiger partial charge is 0.165 e. The third-order valence-corrected chi connectivity index (χ3v) is 3.91. The molecule has 0 bridgehead atoms. The molecule has 0 aliphatic carbocycles. The molecule has 0 saturated heterocycles. The number of fused-ring (bicyclic) bond motifs is 1. The molecule has 0 N–H and O–H groups in total. The molecule has 0 saturated carbocycles. The normalized spacial score (nSPS) is 11.9. The van der Waals surface area contributed by atoms with Gasteiger partial charge in [0.1, 0.15) is 5.76 Å². The summed E-state index contributed by atoms with van der Waals surface area (Å²) >= 11 is 0. The Balaban J connectivity index is 1.62. The van der Waals surface area contributed by atoms with Crippen LogP contribution < -0.4 is 0 Å². The molecule has 0 atom stereocenters. The van der Waals surface area contributed by atoms with E-state index in [4.69, 9.17) is 4.42 Å². The van der Waals surface area contributed by atoms with Gasteiger partial charge in [-0.2, -0.15) is 15.3 Å². The monoisotopic (exact) mass is 343 g/mol. The topological polar surface area (TPSA) is 68.6 Å². The minimum atomic E-state index is 0.469. The second kappa shape index (κ2) is 7.14. The number of benzene rings is 1. The standard InChI is InChI=1S/C20H17N5O/c1-15-19-18(23-22-12-5-9-17-10-6-14-26-17)11-13-21-20(19)25(24-15)16-7-3-2-4-8-16/h2-11,13-14H,12H2,1H3. The van der Waals surface area contributed by atoms with Gasteiger partial charge in [0.2, 0.25) is 0 Å². The highest BCUT2D eigenvalue weighted by Gasteiger charge is 2.13. The van der Waals surface area contributed by atoms with Crippen molar-refractivity contribution in [1.29, 1.82) is 0 Å². The largest absolute Gasteiger partial charge is 0.465 e. The van der Waals surface area contributed by atoms with E-state index in [0.29, 0.717) is 6.54 Å². The van der Waals surface area contributed by atoms with E-state index in [9.17, 15) is 0 Å². The Bertz CT molecular complexity index is 1060. The van der Waals surface area contributed by atoms with Crippen LogP contribution in [0.15, 0.2) is 81.7 Å². The number of pyridine rings is 1. The molecule has 0 spiro atoms. The number of nitrogens with zero attached hydrogens (tertiary/aromatic N) is 5. The molecule has 0 aliphatic rings. The second-order valence-electron chi connectivity index (χ2n) is 5.70. The van der Waals surface area contributed by atoms with E-state index >= 15 is 0 Å². The van der Waals surface area contributed by atoms with Crippen LogP contribution in [0.2, 0.25) is 0 Å². The maximum atomic E-state index is 5.24. The zero-order valence-electron chi connectivity index (χ0n) is 14.3. The van der Waals surface area contributed by atoms with Crippen molar-refractivity contribution in [3.8, 4) is 5.69 Å². The summed E-state index contributed by atoms with van der Waals surface area (Å²) in [7, 11) is 0. The first-order valence-corrected chi connectivity index (χ1v) is 8.30. The fourth-order valence-corrected chi connectivity index (χ4v) is 2.75. The molecule has 1 aromatic carbocycles. The first kappa shape index (κ1) is 16.0. The van der Waals surface area contributed by atoms with E-state index in [1.54, 1.807) is 12.5 Å². The van der Waals surface area contributed by atoms with E-state index < -0.39 is 0 Å². The second-order valence-corrected chi connectivity index (χ2v) is 5.70. The lowest BCUT2D eigenvalue weighted by Crippen LogP contribution is -1.96. The predicted octanol–water partition coefficient (Wildman–Crippen LogP) is 5.12. The van der Waals surface area contributed by atoms with Gasteiger partial charge >= 0.3 is 0 Å². The molecular weight excluding hydrogens is 326 g/mol. The highest BCUT2D eigenvalue weighted by Crippen LogP contribution is 2.29. The number of hydrogen-bond acceptors (Lipinski definition) is 5. The maximum absolute atomic E-state index is 5.24. The Morgan fingerprint density at radius 2 is 2.00 bits per heavy atom. The van der Waals surface area contributed by atoms with Crippen molar-refractivity contribution in [2.75, 3.05) is 6.54 Å². The lowest BCUT2D eigenvalue weighted by molar-refractivity contribution is 0.557. The minimum absolute atomic E-state index is 0.469. The van der Waals surface area contributed by atoms with Crippen LogP contribution in [0.4, 0.5) is 5.69 Å². The first-order chi connectivity index (χ1) is 12.8. The van der Waals surface area contributed by atoms with Crippen LogP contribution in [0.3, 0.4) is 0 Å². The van der Waals surface area contributed by atoms with E-state index in [1.807, 2.05) is 72.3 Å². The number of azo groups is 1. The summed E-state index contributed by atoms with van der Waals surface area (Å²) in [5.41, 5.74) is 3.38. The molecule has 0 fully saturated rings. The van der Waals surface area contributed by atoms with E-state index in [-0.39, 0.29) is 0 Å². The molecule has 4 rings (SSSR count). The molecule has 0 radical (unpaired) electrons. The molecule has 128 valence electrons. The average Bonchev–Trinajstić information content (AvgIpc) is 3.31. The van der Waals surface area contributed by atoms with Crippen molar-refractivity contribution in [3.05, 3.63) is 78.5 Å². The maximum Gasteiger partial charge on any atom is 0.165 e. The van der Waals surface area contributed by atoms with Gasteiger partial charge in [-0.1, -0.05) is 24.3 Å². The van der Waals surface area contributed by atoms with Crippen LogP contribution in [0.5, 0.6) is 0 Å². The molecule has 0 unspecified atom stereocenters. The van der Waals surface area contributed by atoms with Gasteiger partial charge in [0, 0.05) is 6.20 Å². The lowest BCUT2D eigenvalue weighted by atomic mass is 10.2. The molecule has 3 heterocycles. The number of para-hydroxylation sites is 1. The van der Waals surface area contributed by atoms with Crippen molar-refractivity contribution < 1.29 is 4.42 Å². The quantitative estimate of drug-likeness (QED) is 0.472. The number of aryl methyl sites for hydroxylation is 1. The van der Waals surface area contributed by atoms with Gasteiger partial charge in [0.15, 0.2) is 5.65 Å². The van der Waals surface area contributed by atoms with E-state index in [1.165, 1.54) is 0 Å². The van der Waals surface area contributed by atoms with Crippen LogP contribution in [0.25, 0.3) is 22.8 Å². The summed E-state index contributed by atoms with van der Waals surface area (Å²) in [6, 6.07) is 15.5. The summed E-state index contributed by atoms with van der Waals surface area (Å²) < 4.78 is 7.07. The molecule has 3 aromatic heterocycles. The van der Waals surface area contributed by atoms with Crippen LogP contribution >= 0.6 is 0 Å². The zero-order valence-corrected chi connectivity index (χ0v) is 14.3. The van der Waals surface area contributed by atoms with Gasteiger partial charge in [0.05, 0.1) is 35.3 Å². The molecule has 4 aromatic rings. The number of aromatic nitrogens is 3. The summed E-state index contributed by atoms with van der Waals surface area (Å²) in [5, 5.41) is 14.2. The predicted molar refractivity (Wildman–Crippen MR) is 101 cm³/mol. The fraction of sp³-hybridized carbons (Fsp3) is 0.100. The molecule has 0 amide bonds. The van der Waals surface area contributed by atoms with Crippen molar-refractivity contribution in [2.45, 2.75) is 6.92 Å². The average molecular weight is 343 g/mol. The summed E-state index contributed by atoms with van der Waals surface area (Å²) in [6.45, 7) is 2.43. The molecule has 6 nitrogen and oxygen atoms in total. The molecular formula is C20H17N5O. The Morgan fingerprint density at radius 3 is 2.81 bits per heavy atom. The Kier molecular flexibility index (Phi) is 4.38. The number of furan rings is 1. The van der Waals surface area contributed by atoms with Crippen LogP contribution in [-0.4, -0.2) is 21.3 Å². The lowest BCUT2D eigenvalue weighted by Gasteiger charge is -2.02. The van der Waals surface area contributed by atoms with Gasteiger partial charge in [-0.25, -0.2) is 9.67 Å². The third-order valence-electron chi connectivity index (χ3n) is 3.91. The Labute approximate surface area is 150 Å². The van der Waals surface area contributed by atoms with Crippen LogP contribution in [0, 0.1) is 6.92 Å². The van der Waals surface area contributed by atoms with Crippen molar-refractivity contribution in [1.82, 2.24) is 14.8 Å². The highest BCUT2D eigenvalue weighted by atomic mass is 16.3. The van der Waals surface area contributed by atoms with Crippen LogP contribution in [-0.2, 0) is 0 Å². The fourth-order valence-electron chi connectivity index (χ4n) is 2.75. The van der Waals surface area contributed by atoms with Gasteiger partial charge < -0.3 is 4.42 Å². The highest BCUT2D eigenvalue weighted by molar-refractivity contribution is 5.90. The van der Waals surface area contributed by atoms with Gasteiger partial charge in [-0.15, -0.1) is 0 Å². The summed E-state index contributed by atoms with van der Waals surface area (Å²) in [4.78, 5) is 4.49. The van der Waals surface area contributed by atoms with E-state index in [0.717, 1.165) is 33.9 Å². The van der Waals surface area contributed by atoms with E-state index in [2.05, 4.69) is 20.3 Å². The van der Waals surface area contributed by atoms with Gasteiger partial charge in [0.25, 0.3) is 0 Å². The SMILES string of the molecule is Cc1nn(-c2ccccc2)c2nccc(N=NCC=Cc3ccco3)c12. The Hall–Kier alpha value is -3.54. The molecule has 6 heteroatoms. The summed E-state index contributed by atoms with van der Waals surface area (Å²) in [6.07, 6.45) is 7.15. The minimum Gasteiger partial charge on any atom is -0.465 e. The zero-order chi connectivity index (χ0) is 17.8. The number of rotatable bonds is 5. The Morgan fingerprint density at radius 1 is 1.12 bits per heavy atom. The first-order valence-electron chi connectivity index (χ1n) is 8.30. The van der Waals surface area contributed by atoms with Gasteiger partial charge in [-0.3, -0.25) is 0 Å². The van der Waals surface area contributed by atoms with Crippen molar-refractivity contribution in [3.63, 3.8) is 0 Å². The van der Waals surface area contributed by atoms with Crippen molar-refractivity contribution >= 4 is 22.8 Å². The third kappa shape index (κ3) is 3.17. The number of hydrogen-bond donors (Lipinski definition) is 0. The summed E-state index contributed by atoms with van der Waals surface area (Å²) in [5.74, 6) is 0.798.